The lowest BCUT2D eigenvalue weighted by Gasteiger charge is -2.36. The third-order valence-electron chi connectivity index (χ3n) is 5.44. The van der Waals surface area contributed by atoms with E-state index < -0.39 is 0 Å². The van der Waals surface area contributed by atoms with Crippen LogP contribution in [-0.2, 0) is 12.8 Å². The number of H-pyrrole nitrogens is 1. The molecule has 1 aromatic heterocycles. The second-order valence-electron chi connectivity index (χ2n) is 7.96. The van der Waals surface area contributed by atoms with Crippen molar-refractivity contribution < 1.29 is 0 Å². The van der Waals surface area contributed by atoms with E-state index in [-0.39, 0.29) is 0 Å². The number of aryl methyl sites for hydroxylation is 1. The van der Waals surface area contributed by atoms with Crippen molar-refractivity contribution in [1.82, 2.24) is 9.97 Å². The third-order valence-corrected chi connectivity index (χ3v) is 5.44. The zero-order valence-electron chi connectivity index (χ0n) is 13.2. The van der Waals surface area contributed by atoms with Crippen molar-refractivity contribution in [2.24, 2.45) is 17.1 Å². The number of nitrogens with zero attached hydrogens (tertiary/aromatic N) is 1. The summed E-state index contributed by atoms with van der Waals surface area (Å²) >= 11 is 0. The zero-order chi connectivity index (χ0) is 14.3. The van der Waals surface area contributed by atoms with Gasteiger partial charge in [0.15, 0.2) is 0 Å². The van der Waals surface area contributed by atoms with Crippen LogP contribution in [0, 0.1) is 11.3 Å². The maximum absolute atomic E-state index is 6.06. The summed E-state index contributed by atoms with van der Waals surface area (Å²) in [5, 5.41) is 0. The van der Waals surface area contributed by atoms with Gasteiger partial charge < -0.3 is 10.7 Å². The fraction of sp³-hybridized carbons (Fsp3) is 0.824. The second-order valence-corrected chi connectivity index (χ2v) is 7.96. The van der Waals surface area contributed by atoms with Gasteiger partial charge in [-0.2, -0.15) is 0 Å². The van der Waals surface area contributed by atoms with Gasteiger partial charge in [0.1, 0.15) is 5.82 Å². The summed E-state index contributed by atoms with van der Waals surface area (Å²) in [5.41, 5.74) is 9.12. The van der Waals surface area contributed by atoms with Gasteiger partial charge in [0.2, 0.25) is 0 Å². The molecule has 0 aliphatic heterocycles. The highest BCUT2D eigenvalue weighted by molar-refractivity contribution is 5.21. The van der Waals surface area contributed by atoms with Gasteiger partial charge in [0.05, 0.1) is 5.69 Å². The Bertz CT molecular complexity index is 461. The van der Waals surface area contributed by atoms with Crippen LogP contribution in [0.1, 0.15) is 76.0 Å². The highest BCUT2D eigenvalue weighted by Crippen LogP contribution is 2.42. The standard InChI is InChI=1S/C17H29N3/c1-17(2,3)12-6-4-11(5-7-12)16-19-14-9-8-13(18)10-15(14)20-16/h11-13H,4-10,18H2,1-3H3,(H,19,20). The molecule has 1 atom stereocenters. The second kappa shape index (κ2) is 5.18. The zero-order valence-corrected chi connectivity index (χ0v) is 13.2. The number of fused-ring (bicyclic) bond motifs is 1. The molecule has 1 heterocycles. The van der Waals surface area contributed by atoms with E-state index in [1.54, 1.807) is 0 Å². The number of hydrogen-bond acceptors (Lipinski definition) is 2. The van der Waals surface area contributed by atoms with E-state index in [9.17, 15) is 0 Å². The average Bonchev–Trinajstić information content (AvgIpc) is 2.80. The van der Waals surface area contributed by atoms with Gasteiger partial charge in [-0.05, 0) is 49.9 Å². The number of aromatic nitrogens is 2. The van der Waals surface area contributed by atoms with Crippen molar-refractivity contribution in [3.63, 3.8) is 0 Å². The van der Waals surface area contributed by atoms with Crippen LogP contribution in [-0.4, -0.2) is 16.0 Å². The van der Waals surface area contributed by atoms with Crippen molar-refractivity contribution >= 4 is 0 Å². The molecule has 3 rings (SSSR count). The predicted octanol–water partition coefficient (Wildman–Crippen LogP) is 3.55. The van der Waals surface area contributed by atoms with Crippen molar-refractivity contribution in [1.29, 1.82) is 0 Å². The summed E-state index contributed by atoms with van der Waals surface area (Å²) in [4.78, 5) is 8.48. The summed E-state index contributed by atoms with van der Waals surface area (Å²) in [5.74, 6) is 2.77. The summed E-state index contributed by atoms with van der Waals surface area (Å²) in [6.45, 7) is 7.14. The summed E-state index contributed by atoms with van der Waals surface area (Å²) in [6.07, 6.45) is 8.41. The van der Waals surface area contributed by atoms with Crippen molar-refractivity contribution in [2.45, 2.75) is 77.7 Å². The molecule has 1 saturated carbocycles. The van der Waals surface area contributed by atoms with E-state index >= 15 is 0 Å². The molecule has 20 heavy (non-hydrogen) atoms. The molecular weight excluding hydrogens is 246 g/mol. The minimum absolute atomic E-state index is 0.326. The van der Waals surface area contributed by atoms with Crippen LogP contribution in [0.4, 0.5) is 0 Å². The van der Waals surface area contributed by atoms with Crippen LogP contribution < -0.4 is 5.73 Å². The topological polar surface area (TPSA) is 54.7 Å². The third kappa shape index (κ3) is 2.78. The fourth-order valence-electron chi connectivity index (χ4n) is 3.96. The van der Waals surface area contributed by atoms with Gasteiger partial charge >= 0.3 is 0 Å². The molecule has 1 fully saturated rings. The first-order chi connectivity index (χ1) is 9.43. The number of hydrogen-bond donors (Lipinski definition) is 2. The number of rotatable bonds is 1. The Labute approximate surface area is 122 Å². The van der Waals surface area contributed by atoms with Gasteiger partial charge in [0, 0.05) is 24.1 Å². The van der Waals surface area contributed by atoms with E-state index in [4.69, 9.17) is 10.7 Å². The first-order valence-electron chi connectivity index (χ1n) is 8.26. The number of aromatic amines is 1. The smallest absolute Gasteiger partial charge is 0.109 e. The van der Waals surface area contributed by atoms with E-state index in [1.807, 2.05) is 0 Å². The van der Waals surface area contributed by atoms with Gasteiger partial charge in [-0.3, -0.25) is 0 Å². The Balaban J connectivity index is 1.67. The van der Waals surface area contributed by atoms with Gasteiger partial charge in [-0.1, -0.05) is 20.8 Å². The minimum Gasteiger partial charge on any atom is -0.345 e. The molecule has 0 bridgehead atoms. The van der Waals surface area contributed by atoms with E-state index in [0.717, 1.165) is 25.2 Å². The lowest BCUT2D eigenvalue weighted by atomic mass is 9.70. The summed E-state index contributed by atoms with van der Waals surface area (Å²) in [7, 11) is 0. The molecular formula is C17H29N3. The van der Waals surface area contributed by atoms with Crippen LogP contribution in [0.2, 0.25) is 0 Å². The molecule has 2 aliphatic rings. The highest BCUT2D eigenvalue weighted by atomic mass is 15.0. The molecule has 2 aliphatic carbocycles. The highest BCUT2D eigenvalue weighted by Gasteiger charge is 2.32. The molecule has 3 N–H and O–H groups in total. The molecule has 3 nitrogen and oxygen atoms in total. The molecule has 0 radical (unpaired) electrons. The molecule has 112 valence electrons. The average molecular weight is 275 g/mol. The summed E-state index contributed by atoms with van der Waals surface area (Å²) < 4.78 is 0. The Morgan fingerprint density at radius 1 is 1.10 bits per heavy atom. The Hall–Kier alpha value is -0.830. The molecule has 0 aromatic carbocycles. The molecule has 0 amide bonds. The lowest BCUT2D eigenvalue weighted by molar-refractivity contribution is 0.167. The predicted molar refractivity (Wildman–Crippen MR) is 82.7 cm³/mol. The molecule has 0 spiro atoms. The van der Waals surface area contributed by atoms with Crippen LogP contribution in [0.5, 0.6) is 0 Å². The van der Waals surface area contributed by atoms with Crippen molar-refractivity contribution in [3.8, 4) is 0 Å². The van der Waals surface area contributed by atoms with Gasteiger partial charge in [-0.15, -0.1) is 0 Å². The van der Waals surface area contributed by atoms with Gasteiger partial charge in [-0.25, -0.2) is 4.98 Å². The molecule has 3 heteroatoms. The van der Waals surface area contributed by atoms with Crippen LogP contribution in [0.15, 0.2) is 0 Å². The maximum atomic E-state index is 6.06. The van der Waals surface area contributed by atoms with Crippen molar-refractivity contribution in [3.05, 3.63) is 17.2 Å². The number of nitrogens with one attached hydrogen (secondary N) is 1. The monoisotopic (exact) mass is 275 g/mol. The summed E-state index contributed by atoms with van der Waals surface area (Å²) in [6, 6.07) is 0.326. The first kappa shape index (κ1) is 14.1. The first-order valence-corrected chi connectivity index (χ1v) is 8.26. The van der Waals surface area contributed by atoms with Crippen LogP contribution in [0.3, 0.4) is 0 Å². The lowest BCUT2D eigenvalue weighted by Crippen LogP contribution is -2.27. The Morgan fingerprint density at radius 2 is 1.80 bits per heavy atom. The molecule has 1 unspecified atom stereocenters. The largest absolute Gasteiger partial charge is 0.345 e. The number of nitrogens with two attached hydrogens (primary N) is 1. The SMILES string of the molecule is CC(C)(C)C1CCC(c2nc3c([nH]2)CC(N)CC3)CC1. The van der Waals surface area contributed by atoms with Crippen LogP contribution in [0.25, 0.3) is 0 Å². The molecule has 0 saturated heterocycles. The van der Waals surface area contributed by atoms with Crippen LogP contribution >= 0.6 is 0 Å². The van der Waals surface area contributed by atoms with Crippen molar-refractivity contribution in [2.75, 3.05) is 0 Å². The van der Waals surface area contributed by atoms with E-state index in [1.165, 1.54) is 42.9 Å². The Kier molecular flexibility index (Phi) is 3.65. The normalized spacial score (nSPS) is 31.1. The maximum Gasteiger partial charge on any atom is 0.109 e. The fourth-order valence-corrected chi connectivity index (χ4v) is 3.96. The Morgan fingerprint density at radius 3 is 2.45 bits per heavy atom. The van der Waals surface area contributed by atoms with Gasteiger partial charge in [0.25, 0.3) is 0 Å². The van der Waals surface area contributed by atoms with E-state index in [2.05, 4.69) is 25.8 Å². The number of imidazole rings is 1. The quantitative estimate of drug-likeness (QED) is 0.823. The minimum atomic E-state index is 0.326. The molecule has 1 aromatic rings. The van der Waals surface area contributed by atoms with E-state index in [0.29, 0.717) is 17.4 Å².